The zero-order chi connectivity index (χ0) is 15.3. The highest BCUT2D eigenvalue weighted by molar-refractivity contribution is 9.10. The number of rotatable bonds is 6. The smallest absolute Gasteiger partial charge is 0.322 e. The summed E-state index contributed by atoms with van der Waals surface area (Å²) in [6.07, 6.45) is 0.268. The lowest BCUT2D eigenvalue weighted by atomic mass is 10.1. The highest BCUT2D eigenvalue weighted by Crippen LogP contribution is 2.18. The summed E-state index contributed by atoms with van der Waals surface area (Å²) in [5.41, 5.74) is 7.12. The Bertz CT molecular complexity index is 479. The lowest BCUT2D eigenvalue weighted by molar-refractivity contribution is -0.146. The number of aliphatic carboxylic acids is 1. The zero-order valence-electron chi connectivity index (χ0n) is 11.4. The summed E-state index contributed by atoms with van der Waals surface area (Å²) in [6.45, 7) is 3.61. The van der Waals surface area contributed by atoms with Gasteiger partial charge in [-0.1, -0.05) is 40.2 Å². The first-order valence-electron chi connectivity index (χ1n) is 6.12. The van der Waals surface area contributed by atoms with Crippen molar-refractivity contribution < 1.29 is 19.4 Å². The normalized spacial score (nSPS) is 12.8. The fourth-order valence-corrected chi connectivity index (χ4v) is 1.55. The molecule has 20 heavy (non-hydrogen) atoms. The SMILES string of the molecule is CC(C)(Br)C(=O)OCc1ccc(CC(N)C(=O)O)cc1. The van der Waals surface area contributed by atoms with Crippen molar-refractivity contribution in [3.05, 3.63) is 35.4 Å². The molecule has 0 radical (unpaired) electrons. The van der Waals surface area contributed by atoms with Gasteiger partial charge in [-0.2, -0.15) is 0 Å². The molecule has 0 spiro atoms. The number of ether oxygens (including phenoxy) is 1. The van der Waals surface area contributed by atoms with Gasteiger partial charge in [0.25, 0.3) is 0 Å². The van der Waals surface area contributed by atoms with Crippen LogP contribution in [0.4, 0.5) is 0 Å². The van der Waals surface area contributed by atoms with Crippen LogP contribution in [0.25, 0.3) is 0 Å². The lowest BCUT2D eigenvalue weighted by Crippen LogP contribution is -2.32. The summed E-state index contributed by atoms with van der Waals surface area (Å²) >= 11 is 3.23. The minimum absolute atomic E-state index is 0.180. The number of carbonyl (C=O) groups is 2. The molecule has 3 N–H and O–H groups in total. The molecule has 1 rings (SSSR count). The number of nitrogens with two attached hydrogens (primary N) is 1. The van der Waals surface area contributed by atoms with Crippen molar-refractivity contribution >= 4 is 27.9 Å². The molecule has 110 valence electrons. The van der Waals surface area contributed by atoms with Gasteiger partial charge in [-0.3, -0.25) is 9.59 Å². The van der Waals surface area contributed by atoms with Crippen LogP contribution >= 0.6 is 15.9 Å². The third-order valence-electron chi connectivity index (χ3n) is 2.65. The van der Waals surface area contributed by atoms with Gasteiger partial charge in [-0.05, 0) is 31.4 Å². The predicted molar refractivity (Wildman–Crippen MR) is 78.6 cm³/mol. The molecule has 0 aliphatic heterocycles. The molecule has 6 heteroatoms. The van der Waals surface area contributed by atoms with Crippen LogP contribution in [0.2, 0.25) is 0 Å². The quantitative estimate of drug-likeness (QED) is 0.607. The second kappa shape index (κ2) is 6.85. The van der Waals surface area contributed by atoms with Crippen molar-refractivity contribution in [3.8, 4) is 0 Å². The molecule has 0 fully saturated rings. The van der Waals surface area contributed by atoms with E-state index < -0.39 is 16.3 Å². The van der Waals surface area contributed by atoms with Crippen LogP contribution in [-0.4, -0.2) is 27.4 Å². The van der Waals surface area contributed by atoms with E-state index in [1.165, 1.54) is 0 Å². The first kappa shape index (κ1) is 16.7. The second-order valence-electron chi connectivity index (χ2n) is 5.01. The summed E-state index contributed by atoms with van der Waals surface area (Å²) in [7, 11) is 0. The van der Waals surface area contributed by atoms with E-state index in [4.69, 9.17) is 15.6 Å². The van der Waals surface area contributed by atoms with Gasteiger partial charge in [-0.15, -0.1) is 0 Å². The Morgan fingerprint density at radius 3 is 2.25 bits per heavy atom. The summed E-state index contributed by atoms with van der Waals surface area (Å²) in [6, 6.07) is 6.24. The van der Waals surface area contributed by atoms with Crippen molar-refractivity contribution in [1.29, 1.82) is 0 Å². The Balaban J connectivity index is 2.55. The number of alkyl halides is 1. The predicted octanol–water partition coefficient (Wildman–Crippen LogP) is 1.86. The van der Waals surface area contributed by atoms with E-state index in [1.54, 1.807) is 38.1 Å². The average molecular weight is 344 g/mol. The van der Waals surface area contributed by atoms with E-state index in [2.05, 4.69) is 15.9 Å². The van der Waals surface area contributed by atoms with E-state index in [0.29, 0.717) is 0 Å². The molecule has 0 saturated carbocycles. The van der Waals surface area contributed by atoms with Gasteiger partial charge >= 0.3 is 11.9 Å². The molecule has 0 aliphatic carbocycles. The van der Waals surface area contributed by atoms with Crippen molar-refractivity contribution in [2.45, 2.75) is 37.2 Å². The van der Waals surface area contributed by atoms with E-state index in [-0.39, 0.29) is 19.0 Å². The molecule has 1 unspecified atom stereocenters. The van der Waals surface area contributed by atoms with Crippen LogP contribution in [0.1, 0.15) is 25.0 Å². The van der Waals surface area contributed by atoms with Crippen molar-refractivity contribution in [2.75, 3.05) is 0 Å². The van der Waals surface area contributed by atoms with E-state index in [9.17, 15) is 9.59 Å². The van der Waals surface area contributed by atoms with Gasteiger partial charge in [0.15, 0.2) is 0 Å². The Morgan fingerprint density at radius 2 is 1.80 bits per heavy atom. The Kier molecular flexibility index (Phi) is 5.71. The molecule has 5 nitrogen and oxygen atoms in total. The number of halogens is 1. The molecule has 0 aromatic heterocycles. The number of benzene rings is 1. The first-order chi connectivity index (χ1) is 9.20. The molecule has 0 aliphatic rings. The molecule has 0 bridgehead atoms. The minimum Gasteiger partial charge on any atom is -0.480 e. The van der Waals surface area contributed by atoms with Crippen LogP contribution < -0.4 is 5.73 Å². The van der Waals surface area contributed by atoms with Gasteiger partial charge in [-0.25, -0.2) is 0 Å². The van der Waals surface area contributed by atoms with Crippen LogP contribution in [0.3, 0.4) is 0 Å². The number of hydrogen-bond acceptors (Lipinski definition) is 4. The van der Waals surface area contributed by atoms with Crippen LogP contribution in [0, 0.1) is 0 Å². The number of carboxylic acid groups (broad SMARTS) is 1. The molecule has 0 heterocycles. The fourth-order valence-electron chi connectivity index (χ4n) is 1.43. The number of carbonyl (C=O) groups excluding carboxylic acids is 1. The summed E-state index contributed by atoms with van der Waals surface area (Å²) in [5, 5.41) is 8.73. The van der Waals surface area contributed by atoms with Crippen molar-refractivity contribution in [2.24, 2.45) is 5.73 Å². The average Bonchev–Trinajstić information content (AvgIpc) is 2.36. The highest BCUT2D eigenvalue weighted by atomic mass is 79.9. The van der Waals surface area contributed by atoms with Gasteiger partial charge in [0.1, 0.15) is 17.0 Å². The van der Waals surface area contributed by atoms with Crippen LogP contribution in [0.15, 0.2) is 24.3 Å². The molecular formula is C14H18BrNO4. The monoisotopic (exact) mass is 343 g/mol. The first-order valence-corrected chi connectivity index (χ1v) is 6.92. The lowest BCUT2D eigenvalue weighted by Gasteiger charge is -2.15. The fraction of sp³-hybridized carbons (Fsp3) is 0.429. The molecule has 0 saturated heterocycles. The molecule has 1 aromatic rings. The highest BCUT2D eigenvalue weighted by Gasteiger charge is 2.25. The van der Waals surface area contributed by atoms with E-state index in [1.807, 2.05) is 0 Å². The van der Waals surface area contributed by atoms with Crippen molar-refractivity contribution in [3.63, 3.8) is 0 Å². The Labute approximate surface area is 126 Å². The topological polar surface area (TPSA) is 89.6 Å². The molecule has 0 amide bonds. The van der Waals surface area contributed by atoms with Crippen LogP contribution in [-0.2, 0) is 27.4 Å². The standard InChI is InChI=1S/C14H18BrNO4/c1-14(2,15)13(19)20-8-10-5-3-9(4-6-10)7-11(16)12(17)18/h3-6,11H,7-8,16H2,1-2H3,(H,17,18). The van der Waals surface area contributed by atoms with Gasteiger partial charge in [0.2, 0.25) is 0 Å². The molecular weight excluding hydrogens is 326 g/mol. The number of hydrogen-bond donors (Lipinski definition) is 2. The zero-order valence-corrected chi connectivity index (χ0v) is 13.0. The number of esters is 1. The van der Waals surface area contributed by atoms with E-state index >= 15 is 0 Å². The largest absolute Gasteiger partial charge is 0.480 e. The third-order valence-corrected chi connectivity index (χ3v) is 2.97. The summed E-state index contributed by atoms with van der Waals surface area (Å²) in [4.78, 5) is 22.2. The maximum absolute atomic E-state index is 11.6. The summed E-state index contributed by atoms with van der Waals surface area (Å²) < 4.78 is 4.44. The van der Waals surface area contributed by atoms with Gasteiger partial charge in [0, 0.05) is 0 Å². The van der Waals surface area contributed by atoms with Crippen LogP contribution in [0.5, 0.6) is 0 Å². The molecule has 1 aromatic carbocycles. The summed E-state index contributed by atoms with van der Waals surface area (Å²) in [5.74, 6) is -1.36. The Morgan fingerprint density at radius 1 is 1.30 bits per heavy atom. The maximum Gasteiger partial charge on any atom is 0.322 e. The van der Waals surface area contributed by atoms with Crippen molar-refractivity contribution in [1.82, 2.24) is 0 Å². The van der Waals surface area contributed by atoms with E-state index in [0.717, 1.165) is 11.1 Å². The minimum atomic E-state index is -1.03. The molecule has 1 atom stereocenters. The third kappa shape index (κ3) is 5.30. The Hall–Kier alpha value is -1.40. The second-order valence-corrected chi connectivity index (χ2v) is 7.00. The number of carboxylic acids is 1. The van der Waals surface area contributed by atoms with Gasteiger partial charge in [0.05, 0.1) is 0 Å². The maximum atomic E-state index is 11.6. The van der Waals surface area contributed by atoms with Gasteiger partial charge < -0.3 is 15.6 Å².